The quantitative estimate of drug-likeness (QED) is 0.662. The van der Waals surface area contributed by atoms with Crippen LogP contribution in [0.4, 0.5) is 0 Å². The second-order valence-electron chi connectivity index (χ2n) is 4.26. The molecule has 0 atom stereocenters. The minimum Gasteiger partial charge on any atom is -0.343 e. The molecule has 0 aliphatic rings. The molecule has 1 rings (SSSR count). The molecule has 0 heterocycles. The van der Waals surface area contributed by atoms with E-state index < -0.39 is 0 Å². The summed E-state index contributed by atoms with van der Waals surface area (Å²) in [5.41, 5.74) is 1.36. The molecule has 0 unspecified atom stereocenters. The summed E-state index contributed by atoms with van der Waals surface area (Å²) in [6, 6.07) is 10.5. The van der Waals surface area contributed by atoms with Crippen LogP contribution in [0.15, 0.2) is 30.3 Å². The van der Waals surface area contributed by atoms with Gasteiger partial charge in [-0.1, -0.05) is 30.3 Å². The van der Waals surface area contributed by atoms with Gasteiger partial charge in [0.25, 0.3) is 0 Å². The molecule has 0 radical (unpaired) electrons. The summed E-state index contributed by atoms with van der Waals surface area (Å²) in [5, 5.41) is 0. The lowest BCUT2D eigenvalue weighted by molar-refractivity contribution is -0.130. The number of carbonyl (C=O) groups is 1. The van der Waals surface area contributed by atoms with Crippen LogP contribution in [0.5, 0.6) is 0 Å². The molecule has 0 aliphatic carbocycles. The zero-order valence-electron chi connectivity index (χ0n) is 11.0. The average molecular weight is 233 g/mol. The molecule has 2 nitrogen and oxygen atoms in total. The first-order chi connectivity index (χ1) is 8.27. The van der Waals surface area contributed by atoms with Gasteiger partial charge in [0.2, 0.25) is 5.91 Å². The van der Waals surface area contributed by atoms with Crippen LogP contribution in [0.1, 0.15) is 38.7 Å². The van der Waals surface area contributed by atoms with E-state index in [1.54, 1.807) is 0 Å². The highest BCUT2D eigenvalue weighted by atomic mass is 16.2. The number of benzene rings is 1. The van der Waals surface area contributed by atoms with Gasteiger partial charge >= 0.3 is 0 Å². The van der Waals surface area contributed by atoms with Crippen molar-refractivity contribution in [3.63, 3.8) is 0 Å². The van der Waals surface area contributed by atoms with Gasteiger partial charge in [-0.05, 0) is 38.7 Å². The van der Waals surface area contributed by atoms with E-state index in [1.165, 1.54) is 5.56 Å². The van der Waals surface area contributed by atoms with Gasteiger partial charge in [-0.3, -0.25) is 4.79 Å². The zero-order chi connectivity index (χ0) is 12.5. The summed E-state index contributed by atoms with van der Waals surface area (Å²) in [4.78, 5) is 13.6. The molecule has 1 aromatic carbocycles. The molecule has 17 heavy (non-hydrogen) atoms. The van der Waals surface area contributed by atoms with Crippen LogP contribution in [-0.2, 0) is 11.2 Å². The van der Waals surface area contributed by atoms with E-state index in [-0.39, 0.29) is 0 Å². The molecule has 0 fully saturated rings. The highest BCUT2D eigenvalue weighted by Gasteiger charge is 2.08. The summed E-state index contributed by atoms with van der Waals surface area (Å²) < 4.78 is 0. The molecule has 2 heteroatoms. The van der Waals surface area contributed by atoms with Gasteiger partial charge in [-0.15, -0.1) is 0 Å². The number of nitrogens with zero attached hydrogens (tertiary/aromatic N) is 1. The second kappa shape index (κ2) is 7.88. The van der Waals surface area contributed by atoms with Crippen molar-refractivity contribution in [3.05, 3.63) is 35.9 Å². The van der Waals surface area contributed by atoms with E-state index in [9.17, 15) is 4.79 Å². The van der Waals surface area contributed by atoms with E-state index in [1.807, 2.05) is 24.8 Å². The Morgan fingerprint density at radius 2 is 1.71 bits per heavy atom. The third-order valence-electron chi connectivity index (χ3n) is 3.07. The van der Waals surface area contributed by atoms with Crippen LogP contribution in [0.3, 0.4) is 0 Å². The van der Waals surface area contributed by atoms with Crippen LogP contribution < -0.4 is 0 Å². The standard InChI is InChI=1S/C15H23NO/c1-3-16(4-2)15(17)13-9-8-12-14-10-6-5-7-11-14/h5-7,10-11H,3-4,8-9,12-13H2,1-2H3. The van der Waals surface area contributed by atoms with Gasteiger partial charge in [0, 0.05) is 19.5 Å². The van der Waals surface area contributed by atoms with Gasteiger partial charge in [0.05, 0.1) is 0 Å². The summed E-state index contributed by atoms with van der Waals surface area (Å²) in [6.07, 6.45) is 3.85. The predicted molar refractivity (Wildman–Crippen MR) is 71.9 cm³/mol. The lowest BCUT2D eigenvalue weighted by Gasteiger charge is -2.18. The molecule has 0 aliphatic heterocycles. The van der Waals surface area contributed by atoms with Crippen molar-refractivity contribution < 1.29 is 4.79 Å². The maximum atomic E-state index is 11.7. The molecule has 0 spiro atoms. The van der Waals surface area contributed by atoms with Crippen molar-refractivity contribution >= 4 is 5.91 Å². The van der Waals surface area contributed by atoms with Gasteiger partial charge in [0.15, 0.2) is 0 Å². The largest absolute Gasteiger partial charge is 0.343 e. The Hall–Kier alpha value is -1.31. The number of hydrogen-bond acceptors (Lipinski definition) is 1. The molecule has 0 saturated heterocycles. The fourth-order valence-corrected chi connectivity index (χ4v) is 1.98. The molecule has 0 aromatic heterocycles. The highest BCUT2D eigenvalue weighted by molar-refractivity contribution is 5.76. The Labute approximate surface area is 105 Å². The minimum absolute atomic E-state index is 0.295. The number of amides is 1. The first-order valence-electron chi connectivity index (χ1n) is 6.59. The SMILES string of the molecule is CCN(CC)C(=O)CCCCc1ccccc1. The third-order valence-corrected chi connectivity index (χ3v) is 3.07. The van der Waals surface area contributed by atoms with E-state index in [0.29, 0.717) is 12.3 Å². The summed E-state index contributed by atoms with van der Waals surface area (Å²) in [5.74, 6) is 0.295. The molecule has 0 saturated carbocycles. The van der Waals surface area contributed by atoms with Crippen molar-refractivity contribution in [2.45, 2.75) is 39.5 Å². The van der Waals surface area contributed by atoms with E-state index in [2.05, 4.69) is 24.3 Å². The first kappa shape index (κ1) is 13.8. The Morgan fingerprint density at radius 1 is 1.06 bits per heavy atom. The van der Waals surface area contributed by atoms with Gasteiger partial charge < -0.3 is 4.90 Å². The number of aryl methyl sites for hydroxylation is 1. The lowest BCUT2D eigenvalue weighted by Crippen LogP contribution is -2.30. The monoisotopic (exact) mass is 233 g/mol. The molecule has 0 bridgehead atoms. The normalized spacial score (nSPS) is 10.2. The molecule has 1 amide bonds. The second-order valence-corrected chi connectivity index (χ2v) is 4.26. The van der Waals surface area contributed by atoms with Crippen molar-refractivity contribution in [2.75, 3.05) is 13.1 Å². The van der Waals surface area contributed by atoms with Crippen molar-refractivity contribution in [1.29, 1.82) is 0 Å². The van der Waals surface area contributed by atoms with E-state index in [4.69, 9.17) is 0 Å². The summed E-state index contributed by atoms with van der Waals surface area (Å²) in [7, 11) is 0. The maximum Gasteiger partial charge on any atom is 0.222 e. The Morgan fingerprint density at radius 3 is 2.29 bits per heavy atom. The van der Waals surface area contributed by atoms with Crippen LogP contribution in [0.2, 0.25) is 0 Å². The first-order valence-corrected chi connectivity index (χ1v) is 6.59. The minimum atomic E-state index is 0.295. The van der Waals surface area contributed by atoms with Crippen molar-refractivity contribution in [3.8, 4) is 0 Å². The Bertz CT molecular complexity index is 317. The van der Waals surface area contributed by atoms with Crippen molar-refractivity contribution in [1.82, 2.24) is 4.90 Å². The van der Waals surface area contributed by atoms with Crippen LogP contribution in [-0.4, -0.2) is 23.9 Å². The highest BCUT2D eigenvalue weighted by Crippen LogP contribution is 2.07. The van der Waals surface area contributed by atoms with E-state index >= 15 is 0 Å². The fourth-order valence-electron chi connectivity index (χ4n) is 1.98. The van der Waals surface area contributed by atoms with Gasteiger partial charge in [-0.2, -0.15) is 0 Å². The smallest absolute Gasteiger partial charge is 0.222 e. The maximum absolute atomic E-state index is 11.7. The third kappa shape index (κ3) is 5.03. The number of carbonyl (C=O) groups excluding carboxylic acids is 1. The molecule has 1 aromatic rings. The van der Waals surface area contributed by atoms with Crippen LogP contribution in [0, 0.1) is 0 Å². The number of unbranched alkanes of at least 4 members (excludes halogenated alkanes) is 1. The number of rotatable bonds is 7. The fraction of sp³-hybridized carbons (Fsp3) is 0.533. The topological polar surface area (TPSA) is 20.3 Å². The average Bonchev–Trinajstić information content (AvgIpc) is 2.37. The number of hydrogen-bond donors (Lipinski definition) is 0. The summed E-state index contributed by atoms with van der Waals surface area (Å²) >= 11 is 0. The van der Waals surface area contributed by atoms with E-state index in [0.717, 1.165) is 32.4 Å². The Kier molecular flexibility index (Phi) is 6.38. The molecule has 94 valence electrons. The molecular weight excluding hydrogens is 210 g/mol. The lowest BCUT2D eigenvalue weighted by atomic mass is 10.1. The zero-order valence-corrected chi connectivity index (χ0v) is 11.0. The van der Waals surface area contributed by atoms with Crippen LogP contribution in [0.25, 0.3) is 0 Å². The summed E-state index contributed by atoms with van der Waals surface area (Å²) in [6.45, 7) is 5.72. The van der Waals surface area contributed by atoms with Crippen LogP contribution >= 0.6 is 0 Å². The Balaban J connectivity index is 2.18. The molecule has 0 N–H and O–H groups in total. The molecular formula is C15H23NO. The van der Waals surface area contributed by atoms with Crippen molar-refractivity contribution in [2.24, 2.45) is 0 Å². The van der Waals surface area contributed by atoms with Gasteiger partial charge in [0.1, 0.15) is 0 Å². The van der Waals surface area contributed by atoms with Gasteiger partial charge in [-0.25, -0.2) is 0 Å². The predicted octanol–water partition coefficient (Wildman–Crippen LogP) is 3.27.